The average molecular weight is 342 g/mol. The van der Waals surface area contributed by atoms with Gasteiger partial charge in [0.15, 0.2) is 0 Å². The summed E-state index contributed by atoms with van der Waals surface area (Å²) in [4.78, 5) is 24.2. The van der Waals surface area contributed by atoms with Crippen molar-refractivity contribution in [2.24, 2.45) is 5.92 Å². The Morgan fingerprint density at radius 1 is 1.21 bits per heavy atom. The van der Waals surface area contributed by atoms with Crippen LogP contribution >= 0.6 is 0 Å². The highest BCUT2D eigenvalue weighted by atomic mass is 19.4. The Balaban J connectivity index is 2.35. The number of hydrogen-bond donors (Lipinski definition) is 2. The van der Waals surface area contributed by atoms with E-state index in [0.717, 1.165) is 25.0 Å². The molecule has 2 amide bonds. The summed E-state index contributed by atoms with van der Waals surface area (Å²) in [5, 5.41) is 5.31. The van der Waals surface area contributed by atoms with E-state index >= 15 is 0 Å². The molecule has 1 aliphatic carbocycles. The second-order valence-corrected chi connectivity index (χ2v) is 6.48. The standard InChI is InChI=1S/C17H21F3N2O2/c1-10(12-7-8-12)21-15(24)16(3,22-11(2)23)13-5-4-6-14(9-13)17(18,19)20/h4-6,9-10,12H,7-8H2,1-3H3,(H,21,24)(H,22,23). The fourth-order valence-electron chi connectivity index (χ4n) is 2.68. The molecule has 0 aromatic heterocycles. The molecule has 0 saturated heterocycles. The van der Waals surface area contributed by atoms with Crippen LogP contribution in [-0.4, -0.2) is 17.9 Å². The quantitative estimate of drug-likeness (QED) is 0.864. The predicted molar refractivity (Wildman–Crippen MR) is 82.9 cm³/mol. The van der Waals surface area contributed by atoms with Gasteiger partial charge in [0.05, 0.1) is 5.56 Å². The second kappa shape index (κ2) is 6.45. The first-order valence-corrected chi connectivity index (χ1v) is 7.81. The summed E-state index contributed by atoms with van der Waals surface area (Å²) >= 11 is 0. The van der Waals surface area contributed by atoms with Gasteiger partial charge in [-0.2, -0.15) is 13.2 Å². The van der Waals surface area contributed by atoms with Crippen molar-refractivity contribution < 1.29 is 22.8 Å². The van der Waals surface area contributed by atoms with E-state index in [1.165, 1.54) is 26.0 Å². The summed E-state index contributed by atoms with van der Waals surface area (Å²) < 4.78 is 38.9. The lowest BCUT2D eigenvalue weighted by atomic mass is 9.89. The maximum absolute atomic E-state index is 13.0. The van der Waals surface area contributed by atoms with Crippen LogP contribution < -0.4 is 10.6 Å². The molecule has 0 heterocycles. The lowest BCUT2D eigenvalue weighted by molar-refractivity contribution is -0.138. The normalized spacial score (nSPS) is 18.4. The van der Waals surface area contributed by atoms with Crippen molar-refractivity contribution in [1.82, 2.24) is 10.6 Å². The molecule has 132 valence electrons. The summed E-state index contributed by atoms with van der Waals surface area (Å²) in [6.45, 7) is 4.50. The molecule has 0 spiro atoms. The molecule has 1 aromatic carbocycles. The molecule has 0 radical (unpaired) electrons. The Kier molecular flexibility index (Phi) is 4.92. The van der Waals surface area contributed by atoms with Gasteiger partial charge in [0.1, 0.15) is 5.54 Å². The van der Waals surface area contributed by atoms with Crippen LogP contribution in [0.5, 0.6) is 0 Å². The molecule has 7 heteroatoms. The van der Waals surface area contributed by atoms with E-state index in [0.29, 0.717) is 5.92 Å². The zero-order chi connectivity index (χ0) is 18.1. The second-order valence-electron chi connectivity index (χ2n) is 6.48. The highest BCUT2D eigenvalue weighted by molar-refractivity contribution is 5.91. The molecular formula is C17H21F3N2O2. The van der Waals surface area contributed by atoms with Gasteiger partial charge >= 0.3 is 6.18 Å². The van der Waals surface area contributed by atoms with Gasteiger partial charge in [-0.25, -0.2) is 0 Å². The van der Waals surface area contributed by atoms with Crippen LogP contribution in [0.1, 0.15) is 44.7 Å². The van der Waals surface area contributed by atoms with E-state index in [4.69, 9.17) is 0 Å². The van der Waals surface area contributed by atoms with Gasteiger partial charge in [0.2, 0.25) is 11.8 Å². The fourth-order valence-corrected chi connectivity index (χ4v) is 2.68. The van der Waals surface area contributed by atoms with Gasteiger partial charge in [-0.15, -0.1) is 0 Å². The number of hydrogen-bond acceptors (Lipinski definition) is 2. The summed E-state index contributed by atoms with van der Waals surface area (Å²) in [6, 6.07) is 4.39. The number of rotatable bonds is 5. The van der Waals surface area contributed by atoms with Crippen LogP contribution in [-0.2, 0) is 21.3 Å². The maximum atomic E-state index is 13.0. The van der Waals surface area contributed by atoms with Crippen LogP contribution in [0.25, 0.3) is 0 Å². The number of amides is 2. The number of nitrogens with one attached hydrogen (secondary N) is 2. The van der Waals surface area contributed by atoms with Gasteiger partial charge in [0.25, 0.3) is 0 Å². The highest BCUT2D eigenvalue weighted by Gasteiger charge is 2.40. The maximum Gasteiger partial charge on any atom is 0.416 e. The Hall–Kier alpha value is -2.05. The van der Waals surface area contributed by atoms with Crippen molar-refractivity contribution in [2.75, 3.05) is 0 Å². The minimum absolute atomic E-state index is 0.0867. The molecule has 2 rings (SSSR count). The van der Waals surface area contributed by atoms with E-state index in [-0.39, 0.29) is 11.6 Å². The first kappa shape index (κ1) is 18.3. The number of carbonyl (C=O) groups is 2. The van der Waals surface area contributed by atoms with Crippen LogP contribution in [0.15, 0.2) is 24.3 Å². The van der Waals surface area contributed by atoms with Gasteiger partial charge in [-0.05, 0) is 50.3 Å². The number of halogens is 3. The molecule has 24 heavy (non-hydrogen) atoms. The molecule has 1 aliphatic rings. The van der Waals surface area contributed by atoms with E-state index in [9.17, 15) is 22.8 Å². The molecule has 0 bridgehead atoms. The van der Waals surface area contributed by atoms with Crippen LogP contribution in [0, 0.1) is 5.92 Å². The van der Waals surface area contributed by atoms with E-state index in [1.807, 2.05) is 6.92 Å². The van der Waals surface area contributed by atoms with E-state index < -0.39 is 29.1 Å². The predicted octanol–water partition coefficient (Wildman–Crippen LogP) is 2.97. The summed E-state index contributed by atoms with van der Waals surface area (Å²) in [5.74, 6) is -0.627. The molecule has 1 aromatic rings. The third kappa shape index (κ3) is 4.07. The first-order valence-electron chi connectivity index (χ1n) is 7.81. The van der Waals surface area contributed by atoms with Crippen molar-refractivity contribution >= 4 is 11.8 Å². The first-order chi connectivity index (χ1) is 11.0. The van der Waals surface area contributed by atoms with Crippen molar-refractivity contribution in [3.63, 3.8) is 0 Å². The number of carbonyl (C=O) groups excluding carboxylic acids is 2. The molecule has 2 atom stereocenters. The highest BCUT2D eigenvalue weighted by Crippen LogP contribution is 2.34. The Labute approximate surface area is 138 Å². The van der Waals surface area contributed by atoms with Gasteiger partial charge < -0.3 is 10.6 Å². The fraction of sp³-hybridized carbons (Fsp3) is 0.529. The summed E-state index contributed by atoms with van der Waals surface area (Å²) in [7, 11) is 0. The molecule has 4 nitrogen and oxygen atoms in total. The molecule has 2 N–H and O–H groups in total. The lowest BCUT2D eigenvalue weighted by Crippen LogP contribution is -2.55. The molecule has 1 fully saturated rings. The van der Waals surface area contributed by atoms with E-state index in [2.05, 4.69) is 10.6 Å². The van der Waals surface area contributed by atoms with Crippen molar-refractivity contribution in [3.05, 3.63) is 35.4 Å². The third-order valence-corrected chi connectivity index (χ3v) is 4.34. The minimum atomic E-state index is -4.52. The Morgan fingerprint density at radius 2 is 1.79 bits per heavy atom. The van der Waals surface area contributed by atoms with Gasteiger partial charge in [0, 0.05) is 13.0 Å². The van der Waals surface area contributed by atoms with Crippen LogP contribution in [0.4, 0.5) is 13.2 Å². The third-order valence-electron chi connectivity index (χ3n) is 4.34. The molecule has 1 saturated carbocycles. The van der Waals surface area contributed by atoms with Crippen LogP contribution in [0.2, 0.25) is 0 Å². The SMILES string of the molecule is CC(=O)NC(C)(C(=O)NC(C)C1CC1)c1cccc(C(F)(F)F)c1. The molecular weight excluding hydrogens is 321 g/mol. The van der Waals surface area contributed by atoms with Crippen molar-refractivity contribution in [3.8, 4) is 0 Å². The number of benzene rings is 1. The van der Waals surface area contributed by atoms with Gasteiger partial charge in [-0.1, -0.05) is 12.1 Å². The van der Waals surface area contributed by atoms with Gasteiger partial charge in [-0.3, -0.25) is 9.59 Å². The zero-order valence-corrected chi connectivity index (χ0v) is 13.8. The Morgan fingerprint density at radius 3 is 2.29 bits per heavy atom. The number of alkyl halides is 3. The van der Waals surface area contributed by atoms with Crippen molar-refractivity contribution in [1.29, 1.82) is 0 Å². The molecule has 0 aliphatic heterocycles. The zero-order valence-electron chi connectivity index (χ0n) is 13.8. The van der Waals surface area contributed by atoms with Crippen LogP contribution in [0.3, 0.4) is 0 Å². The topological polar surface area (TPSA) is 58.2 Å². The minimum Gasteiger partial charge on any atom is -0.351 e. The average Bonchev–Trinajstić information content (AvgIpc) is 3.30. The largest absolute Gasteiger partial charge is 0.416 e. The Bertz CT molecular complexity index is 641. The summed E-state index contributed by atoms with van der Waals surface area (Å²) in [5.41, 5.74) is -2.34. The van der Waals surface area contributed by atoms with E-state index in [1.54, 1.807) is 0 Å². The monoisotopic (exact) mass is 342 g/mol. The smallest absolute Gasteiger partial charge is 0.351 e. The van der Waals surface area contributed by atoms with Crippen molar-refractivity contribution in [2.45, 2.75) is 51.4 Å². The molecule has 2 unspecified atom stereocenters. The summed E-state index contributed by atoms with van der Waals surface area (Å²) in [6.07, 6.45) is -2.49. The lowest BCUT2D eigenvalue weighted by Gasteiger charge is -2.31.